The first-order valence-electron chi connectivity index (χ1n) is 8.12. The predicted molar refractivity (Wildman–Crippen MR) is 91.9 cm³/mol. The van der Waals surface area contributed by atoms with Gasteiger partial charge in [-0.2, -0.15) is 5.10 Å². The molecule has 0 radical (unpaired) electrons. The molecule has 0 fully saturated rings. The Morgan fingerprint density at radius 2 is 1.96 bits per heavy atom. The van der Waals surface area contributed by atoms with Gasteiger partial charge >= 0.3 is 6.03 Å². The van der Waals surface area contributed by atoms with Crippen LogP contribution >= 0.6 is 0 Å². The van der Waals surface area contributed by atoms with Gasteiger partial charge < -0.3 is 10.6 Å². The largest absolute Gasteiger partial charge is 0.326 e. The molecule has 2 heterocycles. The van der Waals surface area contributed by atoms with Gasteiger partial charge in [0.15, 0.2) is 5.82 Å². The summed E-state index contributed by atoms with van der Waals surface area (Å²) >= 11 is 0. The summed E-state index contributed by atoms with van der Waals surface area (Å²) in [6.07, 6.45) is 3.23. The normalized spacial score (nSPS) is 14.4. The molecule has 0 spiro atoms. The third-order valence-electron chi connectivity index (χ3n) is 3.94. The molecule has 2 aromatic rings. The third kappa shape index (κ3) is 3.92. The molecule has 1 unspecified atom stereocenters. The lowest BCUT2D eigenvalue weighted by atomic mass is 10.1. The number of nitrogens with zero attached hydrogens (tertiary/aromatic N) is 2. The maximum Gasteiger partial charge on any atom is 0.321 e. The zero-order chi connectivity index (χ0) is 16.9. The fourth-order valence-corrected chi connectivity index (χ4v) is 2.67. The van der Waals surface area contributed by atoms with Gasteiger partial charge in [0.05, 0.1) is 0 Å². The van der Waals surface area contributed by atoms with Crippen molar-refractivity contribution in [1.29, 1.82) is 0 Å². The molecule has 7 heteroatoms. The van der Waals surface area contributed by atoms with Crippen LogP contribution in [0.5, 0.6) is 0 Å². The average molecular weight is 327 g/mol. The van der Waals surface area contributed by atoms with Crippen LogP contribution in [0.3, 0.4) is 0 Å². The van der Waals surface area contributed by atoms with Crippen molar-refractivity contribution < 1.29 is 9.59 Å². The van der Waals surface area contributed by atoms with Crippen LogP contribution in [0.15, 0.2) is 36.4 Å². The lowest BCUT2D eigenvalue weighted by Gasteiger charge is -2.14. The van der Waals surface area contributed by atoms with Crippen LogP contribution in [0.4, 0.5) is 16.3 Å². The van der Waals surface area contributed by atoms with E-state index >= 15 is 0 Å². The number of benzene rings is 1. The minimum Gasteiger partial charge on any atom is -0.326 e. The zero-order valence-electron chi connectivity index (χ0n) is 13.6. The molecule has 24 heavy (non-hydrogen) atoms. The molecule has 0 bridgehead atoms. The van der Waals surface area contributed by atoms with E-state index in [1.807, 2.05) is 28.9 Å². The molecule has 3 N–H and O–H groups in total. The van der Waals surface area contributed by atoms with Gasteiger partial charge in [0, 0.05) is 24.0 Å². The van der Waals surface area contributed by atoms with Gasteiger partial charge in [-0.05, 0) is 38.3 Å². The van der Waals surface area contributed by atoms with Gasteiger partial charge in [0.2, 0.25) is 5.91 Å². The number of carbonyl (C=O) groups is 2. The fraction of sp³-hybridized carbons (Fsp3) is 0.353. The van der Waals surface area contributed by atoms with E-state index in [-0.39, 0.29) is 5.91 Å². The van der Waals surface area contributed by atoms with E-state index in [2.05, 4.69) is 21.0 Å². The van der Waals surface area contributed by atoms with E-state index in [4.69, 9.17) is 0 Å². The van der Waals surface area contributed by atoms with E-state index in [1.54, 1.807) is 19.1 Å². The highest BCUT2D eigenvalue weighted by Gasteiger charge is 2.17. The Morgan fingerprint density at radius 3 is 2.71 bits per heavy atom. The van der Waals surface area contributed by atoms with E-state index in [0.717, 1.165) is 31.5 Å². The zero-order valence-corrected chi connectivity index (χ0v) is 13.6. The second-order valence-corrected chi connectivity index (χ2v) is 5.88. The molecule has 1 aromatic carbocycles. The first-order chi connectivity index (χ1) is 11.6. The molecular formula is C17H21N5O2. The molecule has 1 aromatic heterocycles. The van der Waals surface area contributed by atoms with Crippen molar-refractivity contribution in [3.05, 3.63) is 42.1 Å². The second kappa shape index (κ2) is 7.16. The highest BCUT2D eigenvalue weighted by atomic mass is 16.2. The van der Waals surface area contributed by atoms with Crippen LogP contribution in [0.1, 0.15) is 25.5 Å². The summed E-state index contributed by atoms with van der Waals surface area (Å²) in [7, 11) is 0. The van der Waals surface area contributed by atoms with Gasteiger partial charge in [-0.25, -0.2) is 4.79 Å². The number of nitrogens with one attached hydrogen (secondary N) is 3. The van der Waals surface area contributed by atoms with Crippen molar-refractivity contribution in [2.24, 2.45) is 0 Å². The predicted octanol–water partition coefficient (Wildman–Crippen LogP) is 2.37. The van der Waals surface area contributed by atoms with E-state index in [1.165, 1.54) is 0 Å². The quantitative estimate of drug-likeness (QED) is 0.805. The Labute approximate surface area is 140 Å². The number of carbonyl (C=O) groups excluding carboxylic acids is 2. The molecule has 0 saturated carbocycles. The lowest BCUT2D eigenvalue weighted by molar-refractivity contribution is -0.117. The van der Waals surface area contributed by atoms with Crippen molar-refractivity contribution in [2.45, 2.75) is 38.8 Å². The van der Waals surface area contributed by atoms with Crippen LogP contribution in [-0.2, 0) is 17.8 Å². The van der Waals surface area contributed by atoms with Crippen molar-refractivity contribution in [3.63, 3.8) is 0 Å². The number of fused-ring (bicyclic) bond motifs is 1. The van der Waals surface area contributed by atoms with Crippen LogP contribution < -0.4 is 16.0 Å². The van der Waals surface area contributed by atoms with Gasteiger partial charge in [-0.3, -0.25) is 14.8 Å². The minimum atomic E-state index is -0.664. The highest BCUT2D eigenvalue weighted by Crippen LogP contribution is 2.17. The third-order valence-corrected chi connectivity index (χ3v) is 3.94. The lowest BCUT2D eigenvalue weighted by Crippen LogP contribution is -2.43. The summed E-state index contributed by atoms with van der Waals surface area (Å²) in [5.41, 5.74) is 1.82. The van der Waals surface area contributed by atoms with Gasteiger partial charge in [-0.1, -0.05) is 18.2 Å². The fourth-order valence-electron chi connectivity index (χ4n) is 2.67. The van der Waals surface area contributed by atoms with Crippen LogP contribution in [0.2, 0.25) is 0 Å². The molecule has 1 atom stereocenters. The number of para-hydroxylation sites is 1. The number of anilines is 2. The van der Waals surface area contributed by atoms with Crippen LogP contribution in [-0.4, -0.2) is 27.8 Å². The molecule has 0 aliphatic carbocycles. The smallest absolute Gasteiger partial charge is 0.321 e. The van der Waals surface area contributed by atoms with E-state index < -0.39 is 12.1 Å². The Morgan fingerprint density at radius 1 is 1.17 bits per heavy atom. The van der Waals surface area contributed by atoms with E-state index in [9.17, 15) is 9.59 Å². The summed E-state index contributed by atoms with van der Waals surface area (Å²) in [4.78, 5) is 24.1. The molecule has 126 valence electrons. The molecule has 7 nitrogen and oxygen atoms in total. The van der Waals surface area contributed by atoms with Gasteiger partial charge in [0.1, 0.15) is 6.04 Å². The number of urea groups is 1. The SMILES string of the molecule is CC(NC(=O)Nc1cc2n(n1)CCCC2)C(=O)Nc1ccccc1. The average Bonchev–Trinajstić information content (AvgIpc) is 2.97. The monoisotopic (exact) mass is 327 g/mol. The Hall–Kier alpha value is -2.83. The van der Waals surface area contributed by atoms with Crippen molar-refractivity contribution >= 4 is 23.4 Å². The molecule has 1 aliphatic heterocycles. The topological polar surface area (TPSA) is 88.1 Å². The highest BCUT2D eigenvalue weighted by molar-refractivity contribution is 5.98. The van der Waals surface area contributed by atoms with Crippen molar-refractivity contribution in [3.8, 4) is 0 Å². The number of hydrogen-bond donors (Lipinski definition) is 3. The van der Waals surface area contributed by atoms with Crippen molar-refractivity contribution in [2.75, 3.05) is 10.6 Å². The molecule has 0 saturated heterocycles. The summed E-state index contributed by atoms with van der Waals surface area (Å²) in [5.74, 6) is 0.237. The summed E-state index contributed by atoms with van der Waals surface area (Å²) in [5, 5.41) is 12.4. The first kappa shape index (κ1) is 16.0. The molecule has 1 aliphatic rings. The summed E-state index contributed by atoms with van der Waals surface area (Å²) in [6, 6.07) is 9.90. The van der Waals surface area contributed by atoms with Crippen LogP contribution in [0, 0.1) is 0 Å². The number of rotatable bonds is 4. The van der Waals surface area contributed by atoms with Gasteiger partial charge in [-0.15, -0.1) is 0 Å². The first-order valence-corrected chi connectivity index (χ1v) is 8.12. The summed E-state index contributed by atoms with van der Waals surface area (Å²) in [6.45, 7) is 2.52. The van der Waals surface area contributed by atoms with Gasteiger partial charge in [0.25, 0.3) is 0 Å². The number of aromatic nitrogens is 2. The molecule has 3 amide bonds. The summed E-state index contributed by atoms with van der Waals surface area (Å²) < 4.78 is 1.92. The Balaban J connectivity index is 1.52. The Bertz CT molecular complexity index is 702. The number of hydrogen-bond acceptors (Lipinski definition) is 3. The maximum atomic E-state index is 12.1. The number of aryl methyl sites for hydroxylation is 2. The minimum absolute atomic E-state index is 0.277. The molecular weight excluding hydrogens is 306 g/mol. The van der Waals surface area contributed by atoms with Crippen LogP contribution in [0.25, 0.3) is 0 Å². The standard InChI is InChI=1S/C17H21N5O2/c1-12(16(23)19-13-7-3-2-4-8-13)18-17(24)20-15-11-14-9-5-6-10-22(14)21-15/h2-4,7-8,11-12H,5-6,9-10H2,1H3,(H,19,23)(H2,18,20,21,24). The van der Waals surface area contributed by atoms with Crippen molar-refractivity contribution in [1.82, 2.24) is 15.1 Å². The Kier molecular flexibility index (Phi) is 4.79. The number of amides is 3. The van der Waals surface area contributed by atoms with E-state index in [0.29, 0.717) is 11.5 Å². The molecule has 3 rings (SSSR count). The second-order valence-electron chi connectivity index (χ2n) is 5.88. The maximum absolute atomic E-state index is 12.1.